The van der Waals surface area contributed by atoms with Gasteiger partial charge in [-0.1, -0.05) is 24.3 Å². The minimum atomic E-state index is 0.792. The summed E-state index contributed by atoms with van der Waals surface area (Å²) in [5, 5.41) is 3.10. The van der Waals surface area contributed by atoms with Crippen molar-refractivity contribution in [3.05, 3.63) is 125 Å². The molecule has 0 fully saturated rings. The second-order valence-corrected chi connectivity index (χ2v) is 9.77. The van der Waals surface area contributed by atoms with E-state index < -0.39 is 0 Å². The van der Waals surface area contributed by atoms with Gasteiger partial charge in [-0.15, -0.1) is 11.3 Å². The molecular weight excluding hydrogens is 516 g/mol. The number of aromatic amines is 1. The highest BCUT2D eigenvalue weighted by Gasteiger charge is 2.08. The molecule has 6 aromatic rings. The van der Waals surface area contributed by atoms with Crippen LogP contribution in [0.4, 0.5) is 5.69 Å². The predicted molar refractivity (Wildman–Crippen MR) is 164 cm³/mol. The summed E-state index contributed by atoms with van der Waals surface area (Å²) in [5.41, 5.74) is 6.60. The molecule has 0 bridgehead atoms. The highest BCUT2D eigenvalue weighted by atomic mass is 32.1. The normalized spacial score (nSPS) is 10.7. The Balaban J connectivity index is 0.000000140. The monoisotopic (exact) mass is 550 g/mol. The van der Waals surface area contributed by atoms with Gasteiger partial charge in [-0.2, -0.15) is 0 Å². The van der Waals surface area contributed by atoms with Gasteiger partial charge in [0.15, 0.2) is 5.65 Å². The molecule has 7 rings (SSSR count). The van der Waals surface area contributed by atoms with E-state index >= 15 is 0 Å². The van der Waals surface area contributed by atoms with Crippen molar-refractivity contribution in [3.63, 3.8) is 0 Å². The molecule has 0 radical (unpaired) electrons. The molecule has 1 aliphatic rings. The Morgan fingerprint density at radius 2 is 1.40 bits per heavy atom. The standard InChI is InChI=1S/C9H9N.C7H7N3.C6H7N.C5H6N2.C4H5NS/c1-7-6-8-4-2-3-5-9(8)10-7;1-5-9-6-3-2-4-8-7(6)10-5;1-6-4-2-3-5-7-6;1-5-6-3-2-4-7-5;1-4-5-2-3-6-4/h2-5H,6H2,1H3;2-4H,1H3,(H,8,9,10);2-5H,1H3;2-4H,1H3;2-3H,1H3. The number of hydrogen-bond donors (Lipinski definition) is 1. The topological polar surface area (TPSA) is 105 Å². The molecule has 0 unspecified atom stereocenters. The van der Waals surface area contributed by atoms with Crippen LogP contribution in [0.3, 0.4) is 0 Å². The number of aromatic nitrogens is 7. The fourth-order valence-corrected chi connectivity index (χ4v) is 3.81. The number of imidazole rings is 1. The van der Waals surface area contributed by atoms with Gasteiger partial charge in [-0.25, -0.2) is 19.9 Å². The number of rotatable bonds is 0. The van der Waals surface area contributed by atoms with Crippen LogP contribution in [0.2, 0.25) is 0 Å². The summed E-state index contributed by atoms with van der Waals surface area (Å²) >= 11 is 1.67. The van der Waals surface area contributed by atoms with Crippen molar-refractivity contribution in [2.45, 2.75) is 41.0 Å². The summed E-state index contributed by atoms with van der Waals surface area (Å²) in [6, 6.07) is 19.8. The maximum atomic E-state index is 4.37. The second-order valence-electron chi connectivity index (χ2n) is 8.67. The number of nitrogens with zero attached hydrogens (tertiary/aromatic N) is 7. The lowest BCUT2D eigenvalue weighted by atomic mass is 10.1. The van der Waals surface area contributed by atoms with Crippen LogP contribution < -0.4 is 0 Å². The SMILES string of the molecule is CC1=Nc2ccccc2C1.Cc1ccccn1.Cc1nc2ncccc2[nH]1.Cc1ncccn1.Cc1nccs1. The van der Waals surface area contributed by atoms with Crippen molar-refractivity contribution in [1.82, 2.24) is 34.9 Å². The van der Waals surface area contributed by atoms with Crippen molar-refractivity contribution in [3.8, 4) is 0 Å². The van der Waals surface area contributed by atoms with E-state index in [1.165, 1.54) is 11.3 Å². The molecule has 0 aliphatic carbocycles. The van der Waals surface area contributed by atoms with E-state index in [0.29, 0.717) is 0 Å². The van der Waals surface area contributed by atoms with Crippen molar-refractivity contribution in [1.29, 1.82) is 0 Å². The molecule has 8 nitrogen and oxygen atoms in total. The van der Waals surface area contributed by atoms with Crippen LogP contribution in [-0.4, -0.2) is 40.6 Å². The average Bonchev–Trinajstić information content (AvgIpc) is 3.69. The summed E-state index contributed by atoms with van der Waals surface area (Å²) in [4.78, 5) is 31.3. The Kier molecular flexibility index (Phi) is 12.2. The minimum absolute atomic E-state index is 0.792. The third-order valence-corrected chi connectivity index (χ3v) is 5.89. The van der Waals surface area contributed by atoms with Crippen LogP contribution in [0.25, 0.3) is 11.2 Å². The first kappa shape index (κ1) is 29.9. The van der Waals surface area contributed by atoms with E-state index in [1.807, 2.05) is 69.5 Å². The molecule has 1 aliphatic heterocycles. The molecular formula is C31H34N8S. The fraction of sp³-hybridized carbons (Fsp3) is 0.194. The van der Waals surface area contributed by atoms with Crippen LogP contribution >= 0.6 is 11.3 Å². The molecule has 6 heterocycles. The zero-order chi connectivity index (χ0) is 28.6. The van der Waals surface area contributed by atoms with Crippen LogP contribution in [0.1, 0.15) is 34.8 Å². The van der Waals surface area contributed by atoms with Gasteiger partial charge in [-0.3, -0.25) is 15.0 Å². The van der Waals surface area contributed by atoms with E-state index in [9.17, 15) is 0 Å². The minimum Gasteiger partial charge on any atom is -0.341 e. The van der Waals surface area contributed by atoms with E-state index in [0.717, 1.165) is 45.6 Å². The number of fused-ring (bicyclic) bond motifs is 2. The highest BCUT2D eigenvalue weighted by molar-refractivity contribution is 7.09. The maximum Gasteiger partial charge on any atom is 0.177 e. The van der Waals surface area contributed by atoms with Crippen LogP contribution in [0.5, 0.6) is 0 Å². The molecule has 0 spiro atoms. The number of H-pyrrole nitrogens is 1. The second kappa shape index (κ2) is 16.4. The highest BCUT2D eigenvalue weighted by Crippen LogP contribution is 2.25. The van der Waals surface area contributed by atoms with Crippen molar-refractivity contribution in [2.75, 3.05) is 0 Å². The lowest BCUT2D eigenvalue weighted by Crippen LogP contribution is -1.87. The predicted octanol–water partition coefficient (Wildman–Crippen LogP) is 7.23. The Bertz CT molecular complexity index is 1490. The number of aliphatic imine (C=N–C) groups is 1. The summed E-state index contributed by atoms with van der Waals surface area (Å²) in [5.74, 6) is 1.73. The third-order valence-electron chi connectivity index (χ3n) is 5.19. The molecule has 0 saturated heterocycles. The molecule has 0 saturated carbocycles. The van der Waals surface area contributed by atoms with Crippen molar-refractivity contribution >= 4 is 33.9 Å². The molecule has 204 valence electrons. The quantitative estimate of drug-likeness (QED) is 0.214. The van der Waals surface area contributed by atoms with Gasteiger partial charge in [0.2, 0.25) is 0 Å². The molecule has 40 heavy (non-hydrogen) atoms. The molecule has 0 atom stereocenters. The summed E-state index contributed by atoms with van der Waals surface area (Å²) in [7, 11) is 0. The summed E-state index contributed by atoms with van der Waals surface area (Å²) < 4.78 is 0. The number of pyridine rings is 2. The molecule has 1 N–H and O–H groups in total. The third kappa shape index (κ3) is 11.0. The van der Waals surface area contributed by atoms with Crippen LogP contribution in [0.15, 0.2) is 102 Å². The number of benzene rings is 1. The summed E-state index contributed by atoms with van der Waals surface area (Å²) in [6.07, 6.45) is 9.82. The maximum absolute atomic E-state index is 4.37. The fourth-order valence-electron chi connectivity index (χ4n) is 3.37. The number of nitrogens with one attached hydrogen (secondary N) is 1. The van der Waals surface area contributed by atoms with E-state index in [-0.39, 0.29) is 0 Å². The summed E-state index contributed by atoms with van der Waals surface area (Å²) in [6.45, 7) is 9.81. The number of aryl methyl sites for hydroxylation is 4. The van der Waals surface area contributed by atoms with Crippen molar-refractivity contribution in [2.24, 2.45) is 4.99 Å². The van der Waals surface area contributed by atoms with Gasteiger partial charge < -0.3 is 4.98 Å². The lowest BCUT2D eigenvalue weighted by molar-refractivity contribution is 1.05. The van der Waals surface area contributed by atoms with Gasteiger partial charge in [0, 0.05) is 54.2 Å². The van der Waals surface area contributed by atoms with Gasteiger partial charge in [0.1, 0.15) is 11.6 Å². The van der Waals surface area contributed by atoms with E-state index in [2.05, 4.69) is 65.0 Å². The average molecular weight is 551 g/mol. The molecule has 9 heteroatoms. The number of para-hydroxylation sites is 1. The first-order valence-corrected chi connectivity index (χ1v) is 13.7. The van der Waals surface area contributed by atoms with E-state index in [1.54, 1.807) is 48.4 Å². The Morgan fingerprint density at radius 1 is 0.675 bits per heavy atom. The Morgan fingerprint density at radius 3 is 1.93 bits per heavy atom. The smallest absolute Gasteiger partial charge is 0.177 e. The first-order valence-electron chi connectivity index (χ1n) is 12.8. The first-order chi connectivity index (χ1) is 19.4. The van der Waals surface area contributed by atoms with Gasteiger partial charge in [-0.05, 0) is 76.6 Å². The van der Waals surface area contributed by atoms with Gasteiger partial charge in [0.05, 0.1) is 16.2 Å². The van der Waals surface area contributed by atoms with Crippen LogP contribution in [0, 0.1) is 27.7 Å². The molecule has 0 amide bonds. The molecule has 5 aromatic heterocycles. The molecule has 1 aromatic carbocycles. The zero-order valence-corrected chi connectivity index (χ0v) is 24.3. The van der Waals surface area contributed by atoms with Crippen LogP contribution in [-0.2, 0) is 6.42 Å². The number of thiazole rings is 1. The lowest BCUT2D eigenvalue weighted by Gasteiger charge is -1.91. The zero-order valence-electron chi connectivity index (χ0n) is 23.5. The Labute approximate surface area is 239 Å². The number of hydrogen-bond acceptors (Lipinski definition) is 8. The van der Waals surface area contributed by atoms with E-state index in [4.69, 9.17) is 0 Å². The van der Waals surface area contributed by atoms with Gasteiger partial charge in [0.25, 0.3) is 0 Å². The van der Waals surface area contributed by atoms with Crippen molar-refractivity contribution < 1.29 is 0 Å². The van der Waals surface area contributed by atoms with Gasteiger partial charge >= 0.3 is 0 Å². The largest absolute Gasteiger partial charge is 0.341 e. The Hall–Kier alpha value is -4.63.